The van der Waals surface area contributed by atoms with Crippen LogP contribution in [0.5, 0.6) is 5.75 Å². The van der Waals surface area contributed by atoms with Gasteiger partial charge >= 0.3 is 0 Å². The van der Waals surface area contributed by atoms with Crippen molar-refractivity contribution in [2.75, 3.05) is 13.7 Å². The standard InChI is InChI=1S/C21H23N5O2.CH2O2/c1-14(2)18-20-23-19(15-7-5-4-6-8-15)24-26(20)12-11-25(18)21(27)16-9-10-22-13-17(16)28-3;2-1-3/h4-10,13-14,18H,11-12H2,1-3H3;1H,(H,2,3)/t18-;/m0./s1. The van der Waals surface area contributed by atoms with Gasteiger partial charge in [-0.15, -0.1) is 0 Å². The molecule has 0 saturated carbocycles. The number of ether oxygens (including phenoxy) is 1. The normalized spacial score (nSPS) is 15.0. The van der Waals surface area contributed by atoms with E-state index in [1.807, 2.05) is 39.9 Å². The molecule has 3 heterocycles. The van der Waals surface area contributed by atoms with Crippen LogP contribution in [-0.4, -0.2) is 55.8 Å². The highest BCUT2D eigenvalue weighted by atomic mass is 16.5. The van der Waals surface area contributed by atoms with E-state index in [0.717, 1.165) is 11.4 Å². The summed E-state index contributed by atoms with van der Waals surface area (Å²) in [7, 11) is 1.55. The maximum absolute atomic E-state index is 13.3. The fraction of sp³-hybridized carbons (Fsp3) is 0.318. The first kappa shape index (κ1) is 21.9. The van der Waals surface area contributed by atoms with Crippen LogP contribution in [0.15, 0.2) is 48.8 Å². The number of pyridine rings is 1. The molecule has 9 nitrogen and oxygen atoms in total. The molecule has 0 saturated heterocycles. The van der Waals surface area contributed by atoms with Crippen LogP contribution in [0.4, 0.5) is 0 Å². The van der Waals surface area contributed by atoms with Crippen molar-refractivity contribution in [3.8, 4) is 17.1 Å². The van der Waals surface area contributed by atoms with Crippen LogP contribution >= 0.6 is 0 Å². The lowest BCUT2D eigenvalue weighted by Gasteiger charge is -2.37. The predicted molar refractivity (Wildman–Crippen MR) is 114 cm³/mol. The zero-order chi connectivity index (χ0) is 22.4. The number of hydrogen-bond donors (Lipinski definition) is 1. The molecular formula is C22H25N5O4. The van der Waals surface area contributed by atoms with Crippen molar-refractivity contribution in [3.63, 3.8) is 0 Å². The van der Waals surface area contributed by atoms with Gasteiger partial charge in [-0.05, 0) is 12.0 Å². The number of carbonyl (C=O) groups excluding carboxylic acids is 1. The number of benzene rings is 1. The Balaban J connectivity index is 0.000000858. The van der Waals surface area contributed by atoms with Crippen LogP contribution in [0.1, 0.15) is 36.1 Å². The zero-order valence-corrected chi connectivity index (χ0v) is 17.7. The summed E-state index contributed by atoms with van der Waals surface area (Å²) in [4.78, 5) is 32.4. The average Bonchev–Trinajstić information content (AvgIpc) is 3.23. The molecule has 0 radical (unpaired) electrons. The number of hydrogen-bond acceptors (Lipinski definition) is 6. The highest BCUT2D eigenvalue weighted by Crippen LogP contribution is 2.34. The van der Waals surface area contributed by atoms with Gasteiger partial charge in [-0.25, -0.2) is 9.67 Å². The molecule has 1 aliphatic rings. The third-order valence-corrected chi connectivity index (χ3v) is 5.01. The lowest BCUT2D eigenvalue weighted by atomic mass is 9.98. The van der Waals surface area contributed by atoms with Crippen molar-refractivity contribution in [1.29, 1.82) is 0 Å². The zero-order valence-electron chi connectivity index (χ0n) is 17.7. The molecular weight excluding hydrogens is 398 g/mol. The number of aromatic nitrogens is 4. The number of fused-ring (bicyclic) bond motifs is 1. The minimum Gasteiger partial charge on any atom is -0.494 e. The van der Waals surface area contributed by atoms with E-state index in [0.29, 0.717) is 30.2 Å². The van der Waals surface area contributed by atoms with E-state index in [1.165, 1.54) is 0 Å². The highest BCUT2D eigenvalue weighted by molar-refractivity contribution is 5.97. The third-order valence-electron chi connectivity index (χ3n) is 5.01. The fourth-order valence-electron chi connectivity index (χ4n) is 3.69. The minimum absolute atomic E-state index is 0.0755. The van der Waals surface area contributed by atoms with E-state index in [9.17, 15) is 4.79 Å². The summed E-state index contributed by atoms with van der Waals surface area (Å²) >= 11 is 0. The van der Waals surface area contributed by atoms with E-state index in [1.54, 1.807) is 25.6 Å². The SMILES string of the molecule is COc1cnccc1C(=O)N1CCn2nc(-c3ccccc3)nc2[C@@H]1C(C)C.O=CO. The molecule has 3 aromatic rings. The van der Waals surface area contributed by atoms with E-state index >= 15 is 0 Å². The van der Waals surface area contributed by atoms with Gasteiger partial charge in [-0.3, -0.25) is 14.6 Å². The van der Waals surface area contributed by atoms with E-state index in [2.05, 4.69) is 23.9 Å². The smallest absolute Gasteiger partial charge is 0.290 e. The van der Waals surface area contributed by atoms with Crippen LogP contribution in [0, 0.1) is 5.92 Å². The van der Waals surface area contributed by atoms with Crippen molar-refractivity contribution in [2.45, 2.75) is 26.4 Å². The Bertz CT molecular complexity index is 1040. The van der Waals surface area contributed by atoms with Gasteiger partial charge in [0.05, 0.1) is 31.5 Å². The molecule has 0 unspecified atom stereocenters. The maximum Gasteiger partial charge on any atom is 0.290 e. The summed E-state index contributed by atoms with van der Waals surface area (Å²) in [5.41, 5.74) is 1.49. The summed E-state index contributed by atoms with van der Waals surface area (Å²) < 4.78 is 7.27. The molecule has 0 bridgehead atoms. The lowest BCUT2D eigenvalue weighted by molar-refractivity contribution is -0.122. The predicted octanol–water partition coefficient (Wildman–Crippen LogP) is 2.90. The summed E-state index contributed by atoms with van der Waals surface area (Å²) in [5.74, 6) is 2.10. The number of carboxylic acid groups (broad SMARTS) is 1. The van der Waals surface area contributed by atoms with Gasteiger partial charge in [0.2, 0.25) is 0 Å². The Hall–Kier alpha value is -3.75. The van der Waals surface area contributed by atoms with Gasteiger partial charge in [0.25, 0.3) is 12.4 Å². The quantitative estimate of drug-likeness (QED) is 0.642. The van der Waals surface area contributed by atoms with Gasteiger partial charge in [0.15, 0.2) is 11.6 Å². The number of rotatable bonds is 4. The molecule has 0 spiro atoms. The molecule has 1 aromatic carbocycles. The molecule has 0 fully saturated rings. The van der Waals surface area contributed by atoms with Crippen molar-refractivity contribution < 1.29 is 19.4 Å². The van der Waals surface area contributed by atoms with Crippen molar-refractivity contribution in [2.24, 2.45) is 5.92 Å². The topological polar surface area (TPSA) is 110 Å². The van der Waals surface area contributed by atoms with E-state index in [-0.39, 0.29) is 24.3 Å². The summed E-state index contributed by atoms with van der Waals surface area (Å²) in [6, 6.07) is 11.4. The first-order chi connectivity index (χ1) is 15.0. The van der Waals surface area contributed by atoms with Crippen LogP contribution < -0.4 is 4.74 Å². The first-order valence-electron chi connectivity index (χ1n) is 9.88. The van der Waals surface area contributed by atoms with Crippen LogP contribution in [0.3, 0.4) is 0 Å². The fourth-order valence-corrected chi connectivity index (χ4v) is 3.69. The molecule has 1 N–H and O–H groups in total. The second kappa shape index (κ2) is 9.84. The number of amides is 1. The Labute approximate surface area is 180 Å². The Kier molecular flexibility index (Phi) is 6.96. The van der Waals surface area contributed by atoms with Gasteiger partial charge in [-0.2, -0.15) is 5.10 Å². The van der Waals surface area contributed by atoms with E-state index in [4.69, 9.17) is 19.6 Å². The third kappa shape index (κ3) is 4.55. The molecule has 0 aliphatic carbocycles. The minimum atomic E-state index is -0.250. The second-order valence-corrected chi connectivity index (χ2v) is 7.25. The van der Waals surface area contributed by atoms with E-state index < -0.39 is 0 Å². The molecule has 2 aromatic heterocycles. The molecule has 162 valence electrons. The molecule has 31 heavy (non-hydrogen) atoms. The highest BCUT2D eigenvalue weighted by Gasteiger charge is 2.37. The van der Waals surface area contributed by atoms with Gasteiger partial charge < -0.3 is 14.7 Å². The maximum atomic E-state index is 13.3. The number of methoxy groups -OCH3 is 1. The van der Waals surface area contributed by atoms with Crippen molar-refractivity contribution in [1.82, 2.24) is 24.6 Å². The van der Waals surface area contributed by atoms with Crippen LogP contribution in [0.25, 0.3) is 11.4 Å². The van der Waals surface area contributed by atoms with Crippen molar-refractivity contribution >= 4 is 12.4 Å². The second-order valence-electron chi connectivity index (χ2n) is 7.25. The van der Waals surface area contributed by atoms with Gasteiger partial charge in [0, 0.05) is 18.3 Å². The molecule has 1 aliphatic heterocycles. The molecule has 4 rings (SSSR count). The Morgan fingerprint density at radius 1 is 1.23 bits per heavy atom. The Morgan fingerprint density at radius 2 is 1.94 bits per heavy atom. The largest absolute Gasteiger partial charge is 0.494 e. The number of carbonyl (C=O) groups is 2. The monoisotopic (exact) mass is 423 g/mol. The summed E-state index contributed by atoms with van der Waals surface area (Å²) in [5, 5.41) is 11.6. The van der Waals surface area contributed by atoms with Gasteiger partial charge in [0.1, 0.15) is 5.75 Å². The summed E-state index contributed by atoms with van der Waals surface area (Å²) in [6.07, 6.45) is 3.18. The molecule has 1 atom stereocenters. The summed E-state index contributed by atoms with van der Waals surface area (Å²) in [6.45, 7) is 5.12. The van der Waals surface area contributed by atoms with Crippen molar-refractivity contribution in [3.05, 3.63) is 60.2 Å². The Morgan fingerprint density at radius 3 is 2.58 bits per heavy atom. The number of nitrogens with zero attached hydrogens (tertiary/aromatic N) is 5. The van der Waals surface area contributed by atoms with Crippen LogP contribution in [0.2, 0.25) is 0 Å². The van der Waals surface area contributed by atoms with Crippen LogP contribution in [-0.2, 0) is 11.3 Å². The molecule has 9 heteroatoms. The lowest BCUT2D eigenvalue weighted by Crippen LogP contribution is -2.44. The average molecular weight is 423 g/mol. The van der Waals surface area contributed by atoms with Gasteiger partial charge in [-0.1, -0.05) is 44.2 Å². The molecule has 1 amide bonds. The first-order valence-corrected chi connectivity index (χ1v) is 9.88.